The van der Waals surface area contributed by atoms with Crippen molar-refractivity contribution in [1.29, 1.82) is 0 Å². The Labute approximate surface area is 281 Å². The van der Waals surface area contributed by atoms with Gasteiger partial charge in [0.05, 0.1) is 11.4 Å². The Balaban J connectivity index is 1.16. The van der Waals surface area contributed by atoms with Gasteiger partial charge in [0.15, 0.2) is 5.82 Å². The maximum Gasteiger partial charge on any atom is 0.160 e. The maximum absolute atomic E-state index is 5.39. The lowest BCUT2D eigenvalue weighted by molar-refractivity contribution is 1.07. The Morgan fingerprint density at radius 1 is 0.417 bits per heavy atom. The summed E-state index contributed by atoms with van der Waals surface area (Å²) in [5.41, 5.74) is 17.8. The fourth-order valence-electron chi connectivity index (χ4n) is 7.28. The van der Waals surface area contributed by atoms with Crippen LogP contribution in [0.25, 0.3) is 67.2 Å². The minimum atomic E-state index is 0.754. The van der Waals surface area contributed by atoms with Gasteiger partial charge < -0.3 is 0 Å². The first-order chi connectivity index (χ1) is 23.8. The molecule has 0 saturated carbocycles. The van der Waals surface area contributed by atoms with Crippen LogP contribution < -0.4 is 0 Å². The quantitative estimate of drug-likeness (QED) is 0.193. The minimum Gasteiger partial charge on any atom is -0.228 e. The Hall–Kier alpha value is -6.12. The van der Waals surface area contributed by atoms with Crippen LogP contribution in [0.2, 0.25) is 0 Å². The van der Waals surface area contributed by atoms with Crippen molar-refractivity contribution in [1.82, 2.24) is 9.97 Å². The second-order valence-corrected chi connectivity index (χ2v) is 12.5. The van der Waals surface area contributed by atoms with Crippen LogP contribution in [0.15, 0.2) is 170 Å². The molecule has 0 amide bonds. The average molecular weight is 613 g/mol. The lowest BCUT2D eigenvalue weighted by Crippen LogP contribution is -2.05. The maximum atomic E-state index is 5.39. The standard InChI is InChI=1S/C46H32N2/c1-3-14-31(15-4-1)38-23-9-10-24-39(38)35-21-11-19-33(28-35)34-20-12-22-37(29-34)46-47-44(32-16-5-2-6-17-32)42-27-13-26-41-40-25-8-7-18-36(40)30-43(41)45(42)48-46/h1-26,28-29H,27,30H2. The van der Waals surface area contributed by atoms with Gasteiger partial charge >= 0.3 is 0 Å². The fraction of sp³-hybridized carbons (Fsp3) is 0.0435. The normalized spacial score (nSPS) is 13.1. The summed E-state index contributed by atoms with van der Waals surface area (Å²) in [6.07, 6.45) is 6.25. The van der Waals surface area contributed by atoms with Crippen LogP contribution >= 0.6 is 0 Å². The molecule has 0 radical (unpaired) electrons. The summed E-state index contributed by atoms with van der Waals surface area (Å²) in [5.74, 6) is 0.754. The summed E-state index contributed by atoms with van der Waals surface area (Å²) < 4.78 is 0. The van der Waals surface area contributed by atoms with E-state index in [1.54, 1.807) is 0 Å². The van der Waals surface area contributed by atoms with Gasteiger partial charge in [0, 0.05) is 23.1 Å². The van der Waals surface area contributed by atoms with Gasteiger partial charge in [-0.3, -0.25) is 0 Å². The topological polar surface area (TPSA) is 25.8 Å². The van der Waals surface area contributed by atoms with Crippen molar-refractivity contribution in [2.24, 2.45) is 0 Å². The highest BCUT2D eigenvalue weighted by Gasteiger charge is 2.28. The molecule has 7 aromatic rings. The summed E-state index contributed by atoms with van der Waals surface area (Å²) >= 11 is 0. The van der Waals surface area contributed by atoms with Crippen molar-refractivity contribution >= 4 is 11.1 Å². The molecular weight excluding hydrogens is 581 g/mol. The molecular formula is C46H32N2. The highest BCUT2D eigenvalue weighted by Crippen LogP contribution is 2.43. The minimum absolute atomic E-state index is 0.754. The molecule has 2 nitrogen and oxygen atoms in total. The number of hydrogen-bond acceptors (Lipinski definition) is 2. The lowest BCUT2D eigenvalue weighted by Gasteiger charge is -2.16. The second kappa shape index (κ2) is 11.9. The molecule has 0 N–H and O–H groups in total. The first-order valence-electron chi connectivity index (χ1n) is 16.6. The number of allylic oxidation sites excluding steroid dienone is 4. The summed E-state index contributed by atoms with van der Waals surface area (Å²) in [7, 11) is 0. The highest BCUT2D eigenvalue weighted by molar-refractivity contribution is 6.02. The van der Waals surface area contributed by atoms with Gasteiger partial charge in [-0.1, -0.05) is 158 Å². The zero-order valence-electron chi connectivity index (χ0n) is 26.5. The third kappa shape index (κ3) is 4.99. The smallest absolute Gasteiger partial charge is 0.160 e. The predicted octanol–water partition coefficient (Wildman–Crippen LogP) is 11.4. The Kier molecular flexibility index (Phi) is 6.98. The van der Waals surface area contributed by atoms with E-state index in [0.29, 0.717) is 0 Å². The van der Waals surface area contributed by atoms with E-state index in [4.69, 9.17) is 9.97 Å². The van der Waals surface area contributed by atoms with Gasteiger partial charge in [-0.25, -0.2) is 9.97 Å². The van der Waals surface area contributed by atoms with Crippen molar-refractivity contribution in [2.75, 3.05) is 0 Å². The largest absolute Gasteiger partial charge is 0.228 e. The fourth-order valence-corrected chi connectivity index (χ4v) is 7.28. The number of nitrogens with zero attached hydrogens (tertiary/aromatic N) is 2. The van der Waals surface area contributed by atoms with Gasteiger partial charge in [-0.2, -0.15) is 0 Å². The molecule has 9 rings (SSSR count). The lowest BCUT2D eigenvalue weighted by atomic mass is 9.92. The molecule has 2 aliphatic rings. The van der Waals surface area contributed by atoms with Crippen LogP contribution in [-0.2, 0) is 12.8 Å². The second-order valence-electron chi connectivity index (χ2n) is 12.5. The van der Waals surface area contributed by atoms with E-state index in [-0.39, 0.29) is 0 Å². The molecule has 6 aromatic carbocycles. The van der Waals surface area contributed by atoms with Crippen molar-refractivity contribution in [3.63, 3.8) is 0 Å². The molecule has 1 aromatic heterocycles. The van der Waals surface area contributed by atoms with Crippen LogP contribution in [0.1, 0.15) is 22.4 Å². The third-order valence-corrected chi connectivity index (χ3v) is 9.59. The van der Waals surface area contributed by atoms with Crippen LogP contribution in [0.4, 0.5) is 0 Å². The van der Waals surface area contributed by atoms with Crippen LogP contribution in [-0.4, -0.2) is 9.97 Å². The Bertz CT molecular complexity index is 2380. The number of benzene rings is 6. The van der Waals surface area contributed by atoms with E-state index in [0.717, 1.165) is 52.3 Å². The average Bonchev–Trinajstić information content (AvgIpc) is 3.43. The summed E-state index contributed by atoms with van der Waals surface area (Å²) in [6.45, 7) is 0. The molecule has 0 atom stereocenters. The molecule has 0 fully saturated rings. The van der Waals surface area contributed by atoms with Gasteiger partial charge in [-0.05, 0) is 74.2 Å². The number of fused-ring (bicyclic) bond motifs is 4. The third-order valence-electron chi connectivity index (χ3n) is 9.59. The van der Waals surface area contributed by atoms with Crippen molar-refractivity contribution in [2.45, 2.75) is 12.8 Å². The van der Waals surface area contributed by atoms with Crippen LogP contribution in [0.3, 0.4) is 0 Å². The van der Waals surface area contributed by atoms with Crippen molar-refractivity contribution in [3.8, 4) is 56.0 Å². The van der Waals surface area contributed by atoms with E-state index in [1.807, 2.05) is 0 Å². The van der Waals surface area contributed by atoms with E-state index >= 15 is 0 Å². The zero-order valence-corrected chi connectivity index (χ0v) is 26.5. The van der Waals surface area contributed by atoms with E-state index in [1.165, 1.54) is 50.1 Å². The molecule has 0 saturated heterocycles. The number of rotatable bonds is 5. The van der Waals surface area contributed by atoms with Gasteiger partial charge in [0.1, 0.15) is 0 Å². The van der Waals surface area contributed by atoms with Crippen LogP contribution in [0, 0.1) is 0 Å². The molecule has 1 heterocycles. The van der Waals surface area contributed by atoms with Crippen LogP contribution in [0.5, 0.6) is 0 Å². The molecule has 0 aliphatic heterocycles. The Morgan fingerprint density at radius 3 is 1.71 bits per heavy atom. The van der Waals surface area contributed by atoms with E-state index < -0.39 is 0 Å². The number of aromatic nitrogens is 2. The monoisotopic (exact) mass is 612 g/mol. The van der Waals surface area contributed by atoms with Crippen molar-refractivity contribution in [3.05, 3.63) is 192 Å². The van der Waals surface area contributed by atoms with Gasteiger partial charge in [-0.15, -0.1) is 0 Å². The molecule has 0 bridgehead atoms. The molecule has 2 aliphatic carbocycles. The highest BCUT2D eigenvalue weighted by atomic mass is 14.9. The summed E-state index contributed by atoms with van der Waals surface area (Å²) in [5, 5.41) is 0. The first kappa shape index (κ1) is 28.1. The summed E-state index contributed by atoms with van der Waals surface area (Å²) in [4.78, 5) is 10.7. The molecule has 0 unspecified atom stereocenters. The van der Waals surface area contributed by atoms with E-state index in [2.05, 4.69) is 170 Å². The Morgan fingerprint density at radius 2 is 0.958 bits per heavy atom. The van der Waals surface area contributed by atoms with E-state index in [9.17, 15) is 0 Å². The predicted molar refractivity (Wildman–Crippen MR) is 199 cm³/mol. The zero-order chi connectivity index (χ0) is 31.9. The molecule has 0 spiro atoms. The molecule has 226 valence electrons. The number of hydrogen-bond donors (Lipinski definition) is 0. The van der Waals surface area contributed by atoms with Crippen molar-refractivity contribution < 1.29 is 0 Å². The van der Waals surface area contributed by atoms with Gasteiger partial charge in [0.2, 0.25) is 0 Å². The molecule has 48 heavy (non-hydrogen) atoms. The first-order valence-corrected chi connectivity index (χ1v) is 16.6. The van der Waals surface area contributed by atoms with Gasteiger partial charge in [0.25, 0.3) is 0 Å². The SMILES string of the molecule is C1=CC2=C(Cc3ccccc32)c2nc(-c3cccc(-c4cccc(-c5ccccc5-c5ccccc5)c4)c3)nc(-c3ccccc3)c2C1. The molecule has 2 heteroatoms. The summed E-state index contributed by atoms with van der Waals surface area (Å²) in [6, 6.07) is 56.1.